The predicted molar refractivity (Wildman–Crippen MR) is 106 cm³/mol. The molecule has 0 aliphatic carbocycles. The second-order valence-electron chi connectivity index (χ2n) is 6.28. The van der Waals surface area contributed by atoms with Crippen molar-refractivity contribution >= 4 is 0 Å². The molecule has 0 spiro atoms. The molecule has 1 heterocycles. The van der Waals surface area contributed by atoms with Gasteiger partial charge in [0.15, 0.2) is 6.20 Å². The SMILES string of the molecule is [O-][n+]1ccc(-c2ccccc2)c(Cc2ccccc2)c1-c1ccccc1. The van der Waals surface area contributed by atoms with Crippen LogP contribution >= 0.6 is 0 Å². The Morgan fingerprint density at radius 1 is 0.615 bits per heavy atom. The van der Waals surface area contributed by atoms with Gasteiger partial charge in [-0.1, -0.05) is 78.9 Å². The highest BCUT2D eigenvalue weighted by Crippen LogP contribution is 2.31. The molecule has 0 aliphatic heterocycles. The lowest BCUT2D eigenvalue weighted by molar-refractivity contribution is -0.593. The first-order chi connectivity index (χ1) is 12.8. The lowest BCUT2D eigenvalue weighted by Crippen LogP contribution is -2.30. The van der Waals surface area contributed by atoms with Crippen LogP contribution < -0.4 is 4.73 Å². The highest BCUT2D eigenvalue weighted by atomic mass is 16.5. The Kier molecular flexibility index (Phi) is 4.48. The highest BCUT2D eigenvalue weighted by molar-refractivity contribution is 5.75. The van der Waals surface area contributed by atoms with Crippen LogP contribution in [0.3, 0.4) is 0 Å². The molecule has 0 unspecified atom stereocenters. The minimum absolute atomic E-state index is 0.707. The van der Waals surface area contributed by atoms with E-state index in [1.165, 1.54) is 5.56 Å². The molecule has 2 nitrogen and oxygen atoms in total. The average Bonchev–Trinajstić information content (AvgIpc) is 2.70. The molecule has 0 N–H and O–H groups in total. The first-order valence-corrected chi connectivity index (χ1v) is 8.73. The number of benzene rings is 3. The lowest BCUT2D eigenvalue weighted by atomic mass is 9.91. The van der Waals surface area contributed by atoms with Gasteiger partial charge in [-0.2, -0.15) is 4.73 Å². The molecule has 0 radical (unpaired) electrons. The normalized spacial score (nSPS) is 10.6. The molecule has 4 rings (SSSR count). The molecular weight excluding hydrogens is 318 g/mol. The second-order valence-corrected chi connectivity index (χ2v) is 6.28. The van der Waals surface area contributed by atoms with Crippen LogP contribution in [0.15, 0.2) is 103 Å². The predicted octanol–water partition coefficient (Wildman–Crippen LogP) is 5.24. The van der Waals surface area contributed by atoms with Crippen LogP contribution in [0.4, 0.5) is 0 Å². The third kappa shape index (κ3) is 3.22. The summed E-state index contributed by atoms with van der Waals surface area (Å²) in [7, 11) is 0. The number of aromatic nitrogens is 1. The molecule has 4 aromatic rings. The first kappa shape index (κ1) is 16.1. The van der Waals surface area contributed by atoms with E-state index in [0.717, 1.165) is 32.7 Å². The Labute approximate surface area is 153 Å². The Hall–Kier alpha value is -3.39. The third-order valence-electron chi connectivity index (χ3n) is 4.56. The second kappa shape index (κ2) is 7.24. The van der Waals surface area contributed by atoms with E-state index in [1.807, 2.05) is 72.8 Å². The topological polar surface area (TPSA) is 26.9 Å². The zero-order chi connectivity index (χ0) is 17.8. The summed E-state index contributed by atoms with van der Waals surface area (Å²) in [6, 6.07) is 32.4. The number of pyridine rings is 1. The molecule has 0 saturated heterocycles. The molecule has 0 saturated carbocycles. The van der Waals surface area contributed by atoms with E-state index < -0.39 is 0 Å². The molecule has 0 fully saturated rings. The monoisotopic (exact) mass is 337 g/mol. The van der Waals surface area contributed by atoms with Crippen molar-refractivity contribution in [2.75, 3.05) is 0 Å². The van der Waals surface area contributed by atoms with Crippen LogP contribution in [-0.4, -0.2) is 0 Å². The molecule has 2 heteroatoms. The standard InChI is InChI=1S/C24H19NO/c26-25-17-16-22(20-12-6-2-7-13-20)23(18-19-10-4-1-5-11-19)24(25)21-14-8-3-9-15-21/h1-17H,18H2. The maximum absolute atomic E-state index is 12.7. The molecule has 0 amide bonds. The zero-order valence-electron chi connectivity index (χ0n) is 14.4. The van der Waals surface area contributed by atoms with E-state index in [4.69, 9.17) is 0 Å². The fourth-order valence-corrected chi connectivity index (χ4v) is 3.34. The summed E-state index contributed by atoms with van der Waals surface area (Å²) in [6.45, 7) is 0. The summed E-state index contributed by atoms with van der Waals surface area (Å²) in [6.07, 6.45) is 2.32. The summed E-state index contributed by atoms with van der Waals surface area (Å²) in [5.74, 6) is 0. The summed E-state index contributed by atoms with van der Waals surface area (Å²) in [5, 5.41) is 12.7. The fraction of sp³-hybridized carbons (Fsp3) is 0.0417. The van der Waals surface area contributed by atoms with Crippen LogP contribution in [0.5, 0.6) is 0 Å². The van der Waals surface area contributed by atoms with Gasteiger partial charge in [0.2, 0.25) is 5.69 Å². The van der Waals surface area contributed by atoms with Gasteiger partial charge in [0.1, 0.15) is 0 Å². The third-order valence-corrected chi connectivity index (χ3v) is 4.56. The highest BCUT2D eigenvalue weighted by Gasteiger charge is 2.20. The Morgan fingerprint density at radius 3 is 1.77 bits per heavy atom. The quantitative estimate of drug-likeness (QED) is 0.369. The van der Waals surface area contributed by atoms with Gasteiger partial charge in [0.25, 0.3) is 0 Å². The van der Waals surface area contributed by atoms with Crippen LogP contribution in [0.1, 0.15) is 11.1 Å². The largest absolute Gasteiger partial charge is 0.618 e. The van der Waals surface area contributed by atoms with Crippen molar-refractivity contribution in [3.63, 3.8) is 0 Å². The van der Waals surface area contributed by atoms with Gasteiger partial charge in [0, 0.05) is 23.6 Å². The molecule has 0 bridgehead atoms. The van der Waals surface area contributed by atoms with Crippen LogP contribution in [0, 0.1) is 5.21 Å². The van der Waals surface area contributed by atoms with Crippen molar-refractivity contribution < 1.29 is 4.73 Å². The van der Waals surface area contributed by atoms with Gasteiger partial charge in [-0.15, -0.1) is 0 Å². The summed E-state index contributed by atoms with van der Waals surface area (Å²) in [4.78, 5) is 0. The molecule has 26 heavy (non-hydrogen) atoms. The van der Waals surface area contributed by atoms with Gasteiger partial charge in [-0.25, -0.2) is 0 Å². The van der Waals surface area contributed by atoms with Crippen LogP contribution in [0.25, 0.3) is 22.4 Å². The van der Waals surface area contributed by atoms with Gasteiger partial charge in [-0.3, -0.25) is 0 Å². The number of nitrogens with zero attached hydrogens (tertiary/aromatic N) is 1. The van der Waals surface area contributed by atoms with E-state index in [-0.39, 0.29) is 0 Å². The van der Waals surface area contributed by atoms with Crippen molar-refractivity contribution in [1.82, 2.24) is 0 Å². The van der Waals surface area contributed by atoms with E-state index >= 15 is 0 Å². The maximum Gasteiger partial charge on any atom is 0.227 e. The number of hydrogen-bond acceptors (Lipinski definition) is 1. The van der Waals surface area contributed by atoms with Crippen LogP contribution in [-0.2, 0) is 6.42 Å². The molecule has 0 aliphatic rings. The zero-order valence-corrected chi connectivity index (χ0v) is 14.4. The van der Waals surface area contributed by atoms with E-state index in [0.29, 0.717) is 6.42 Å². The van der Waals surface area contributed by atoms with Gasteiger partial charge >= 0.3 is 0 Å². The van der Waals surface area contributed by atoms with E-state index in [1.54, 1.807) is 6.20 Å². The number of hydrogen-bond donors (Lipinski definition) is 0. The van der Waals surface area contributed by atoms with Crippen molar-refractivity contribution in [3.05, 3.63) is 120 Å². The van der Waals surface area contributed by atoms with Gasteiger partial charge in [-0.05, 0) is 28.8 Å². The maximum atomic E-state index is 12.7. The molecule has 3 aromatic carbocycles. The summed E-state index contributed by atoms with van der Waals surface area (Å²) in [5.41, 5.74) is 6.11. The van der Waals surface area contributed by atoms with Gasteiger partial charge in [0.05, 0.1) is 0 Å². The van der Waals surface area contributed by atoms with Crippen molar-refractivity contribution in [1.29, 1.82) is 0 Å². The first-order valence-electron chi connectivity index (χ1n) is 8.73. The Balaban J connectivity index is 1.95. The van der Waals surface area contributed by atoms with Crippen molar-refractivity contribution in [3.8, 4) is 22.4 Å². The van der Waals surface area contributed by atoms with Crippen molar-refractivity contribution in [2.24, 2.45) is 0 Å². The summed E-state index contributed by atoms with van der Waals surface area (Å²) >= 11 is 0. The number of rotatable bonds is 4. The molecule has 126 valence electrons. The molecular formula is C24H19NO. The lowest BCUT2D eigenvalue weighted by Gasteiger charge is -2.15. The summed E-state index contributed by atoms with van der Waals surface area (Å²) < 4.78 is 0.986. The molecule has 1 aromatic heterocycles. The minimum atomic E-state index is 0.707. The Morgan fingerprint density at radius 2 is 1.15 bits per heavy atom. The van der Waals surface area contributed by atoms with Crippen LogP contribution in [0.2, 0.25) is 0 Å². The Bertz CT molecular complexity index is 996. The fourth-order valence-electron chi connectivity index (χ4n) is 3.34. The average molecular weight is 337 g/mol. The minimum Gasteiger partial charge on any atom is -0.618 e. The molecule has 0 atom stereocenters. The van der Waals surface area contributed by atoms with Gasteiger partial charge < -0.3 is 5.21 Å². The smallest absolute Gasteiger partial charge is 0.227 e. The van der Waals surface area contributed by atoms with Crippen molar-refractivity contribution in [2.45, 2.75) is 6.42 Å². The van der Waals surface area contributed by atoms with E-state index in [9.17, 15) is 5.21 Å². The van der Waals surface area contributed by atoms with E-state index in [2.05, 4.69) is 24.3 Å².